The van der Waals surface area contributed by atoms with Gasteiger partial charge in [0.05, 0.1) is 0 Å². The van der Waals surface area contributed by atoms with E-state index in [-0.39, 0.29) is 34.8 Å². The molecule has 1 aromatic carbocycles. The normalized spacial score (nSPS) is 11.1. The molecule has 0 saturated carbocycles. The van der Waals surface area contributed by atoms with Crippen molar-refractivity contribution in [3.05, 3.63) is 54.7 Å². The summed E-state index contributed by atoms with van der Waals surface area (Å²) in [5.74, 6) is 0.133. The molecule has 7 nitrogen and oxygen atoms in total. The molecule has 142 valence electrons. The Bertz CT molecular complexity index is 1080. The van der Waals surface area contributed by atoms with Crippen molar-refractivity contribution >= 4 is 0 Å². The number of hydrogen-bond acceptors (Lipinski definition) is 7. The molecule has 0 fully saturated rings. The highest BCUT2D eigenvalue weighted by molar-refractivity contribution is 5.72. The molecule has 10 heteroatoms. The van der Waals surface area contributed by atoms with Gasteiger partial charge in [0.15, 0.2) is 24.5 Å². The summed E-state index contributed by atoms with van der Waals surface area (Å²) in [7, 11) is 0. The van der Waals surface area contributed by atoms with E-state index < -0.39 is 13.0 Å². The van der Waals surface area contributed by atoms with Crippen LogP contribution in [-0.4, -0.2) is 33.1 Å². The molecule has 28 heavy (non-hydrogen) atoms. The van der Waals surface area contributed by atoms with E-state index in [1.54, 1.807) is 12.1 Å². The summed E-state index contributed by atoms with van der Waals surface area (Å²) in [6, 6.07) is 10.2. The van der Waals surface area contributed by atoms with Gasteiger partial charge in [0.25, 0.3) is 12.3 Å². The van der Waals surface area contributed by atoms with Crippen molar-refractivity contribution in [1.82, 2.24) is 20.1 Å². The van der Waals surface area contributed by atoms with Crippen molar-refractivity contribution in [2.24, 2.45) is 0 Å². The molecule has 0 aliphatic heterocycles. The van der Waals surface area contributed by atoms with E-state index in [4.69, 9.17) is 13.7 Å². The number of ether oxygens (including phenoxy) is 1. The topological polar surface area (TPSA) is 87.1 Å². The first-order valence-electron chi connectivity index (χ1n) is 8.02. The standard InChI is InChI=1S/C18H11F3N4O3/c19-11-6-4-10(5-7-11)16-15(22-9-27-16)18-24-17(25-28-18)12-2-1-3-14(23-12)26-8-13(20)21/h1-7,9,13H,8H2. The number of alkyl halides is 2. The van der Waals surface area contributed by atoms with Crippen molar-refractivity contribution in [2.45, 2.75) is 6.43 Å². The van der Waals surface area contributed by atoms with Crippen LogP contribution in [0.3, 0.4) is 0 Å². The number of pyridine rings is 1. The van der Waals surface area contributed by atoms with E-state index in [1.165, 1.54) is 36.7 Å². The van der Waals surface area contributed by atoms with E-state index in [0.717, 1.165) is 0 Å². The number of aromatic nitrogens is 4. The Labute approximate surface area is 155 Å². The lowest BCUT2D eigenvalue weighted by molar-refractivity contribution is 0.0796. The third kappa shape index (κ3) is 3.70. The van der Waals surface area contributed by atoms with Gasteiger partial charge in [-0.1, -0.05) is 11.2 Å². The van der Waals surface area contributed by atoms with Crippen LogP contribution in [0.2, 0.25) is 0 Å². The van der Waals surface area contributed by atoms with Crippen molar-refractivity contribution in [1.29, 1.82) is 0 Å². The molecule has 0 saturated heterocycles. The summed E-state index contributed by atoms with van der Waals surface area (Å²) in [6.07, 6.45) is -1.41. The van der Waals surface area contributed by atoms with Crippen LogP contribution >= 0.6 is 0 Å². The summed E-state index contributed by atoms with van der Waals surface area (Å²) < 4.78 is 53.2. The monoisotopic (exact) mass is 388 g/mol. The van der Waals surface area contributed by atoms with Crippen LogP contribution in [0, 0.1) is 5.82 Å². The lowest BCUT2D eigenvalue weighted by Gasteiger charge is -2.04. The Morgan fingerprint density at radius 1 is 1.04 bits per heavy atom. The number of benzene rings is 1. The van der Waals surface area contributed by atoms with Crippen molar-refractivity contribution in [3.8, 4) is 40.3 Å². The number of halogens is 3. The summed E-state index contributed by atoms with van der Waals surface area (Å²) in [5, 5.41) is 3.83. The average molecular weight is 388 g/mol. The summed E-state index contributed by atoms with van der Waals surface area (Å²) in [5.41, 5.74) is 1.12. The van der Waals surface area contributed by atoms with Gasteiger partial charge >= 0.3 is 0 Å². The van der Waals surface area contributed by atoms with Gasteiger partial charge in [-0.2, -0.15) is 4.98 Å². The van der Waals surface area contributed by atoms with Crippen LogP contribution in [0.25, 0.3) is 34.4 Å². The molecule has 4 rings (SSSR count). The zero-order chi connectivity index (χ0) is 19.5. The number of oxazole rings is 1. The number of hydrogen-bond donors (Lipinski definition) is 0. The minimum Gasteiger partial charge on any atom is -0.472 e. The van der Waals surface area contributed by atoms with Gasteiger partial charge in [-0.25, -0.2) is 23.1 Å². The molecule has 0 radical (unpaired) electrons. The highest BCUT2D eigenvalue weighted by atomic mass is 19.3. The van der Waals surface area contributed by atoms with E-state index in [0.29, 0.717) is 11.3 Å². The zero-order valence-electron chi connectivity index (χ0n) is 14.1. The Hall–Kier alpha value is -3.69. The van der Waals surface area contributed by atoms with E-state index in [2.05, 4.69) is 20.1 Å². The maximum Gasteiger partial charge on any atom is 0.280 e. The second-order valence-corrected chi connectivity index (χ2v) is 5.52. The summed E-state index contributed by atoms with van der Waals surface area (Å²) in [4.78, 5) is 12.4. The van der Waals surface area contributed by atoms with Crippen molar-refractivity contribution < 1.29 is 26.8 Å². The lowest BCUT2D eigenvalue weighted by Crippen LogP contribution is -2.08. The zero-order valence-corrected chi connectivity index (χ0v) is 14.1. The van der Waals surface area contributed by atoms with Gasteiger partial charge in [-0.05, 0) is 30.3 Å². The van der Waals surface area contributed by atoms with Crippen LogP contribution in [0.1, 0.15) is 0 Å². The van der Waals surface area contributed by atoms with Gasteiger partial charge in [0.1, 0.15) is 11.5 Å². The molecule has 0 aliphatic carbocycles. The first-order valence-corrected chi connectivity index (χ1v) is 8.02. The molecular weight excluding hydrogens is 377 g/mol. The molecule has 4 aromatic rings. The highest BCUT2D eigenvalue weighted by Crippen LogP contribution is 2.31. The smallest absolute Gasteiger partial charge is 0.280 e. The fourth-order valence-electron chi connectivity index (χ4n) is 2.40. The molecule has 3 heterocycles. The molecule has 3 aromatic heterocycles. The third-order valence-electron chi connectivity index (χ3n) is 3.61. The SMILES string of the molecule is Fc1ccc(-c2ocnc2-c2nc(-c3cccc(OCC(F)F)n3)no2)cc1. The van der Waals surface area contributed by atoms with Gasteiger partial charge in [0.2, 0.25) is 11.7 Å². The van der Waals surface area contributed by atoms with E-state index >= 15 is 0 Å². The van der Waals surface area contributed by atoms with Gasteiger partial charge < -0.3 is 13.7 Å². The summed E-state index contributed by atoms with van der Waals surface area (Å²) in [6.45, 7) is -0.770. The molecule has 0 amide bonds. The van der Waals surface area contributed by atoms with E-state index in [1.807, 2.05) is 0 Å². The quantitative estimate of drug-likeness (QED) is 0.488. The Balaban J connectivity index is 1.62. The maximum atomic E-state index is 13.1. The van der Waals surface area contributed by atoms with Crippen molar-refractivity contribution in [2.75, 3.05) is 6.61 Å². The molecule has 0 atom stereocenters. The highest BCUT2D eigenvalue weighted by Gasteiger charge is 2.20. The fraction of sp³-hybridized carbons (Fsp3) is 0.111. The summed E-state index contributed by atoms with van der Waals surface area (Å²) >= 11 is 0. The second-order valence-electron chi connectivity index (χ2n) is 5.52. The first kappa shape index (κ1) is 17.7. The fourth-order valence-corrected chi connectivity index (χ4v) is 2.40. The molecule has 0 aliphatic rings. The second kappa shape index (κ2) is 7.51. The van der Waals surface area contributed by atoms with Crippen LogP contribution in [0.15, 0.2) is 57.8 Å². The van der Waals surface area contributed by atoms with Crippen molar-refractivity contribution in [3.63, 3.8) is 0 Å². The van der Waals surface area contributed by atoms with Crippen LogP contribution < -0.4 is 4.74 Å². The van der Waals surface area contributed by atoms with E-state index in [9.17, 15) is 13.2 Å². The molecular formula is C18H11F3N4O3. The maximum absolute atomic E-state index is 13.1. The Kier molecular flexibility index (Phi) is 4.75. The number of nitrogens with zero attached hydrogens (tertiary/aromatic N) is 4. The van der Waals surface area contributed by atoms with Crippen LogP contribution in [0.4, 0.5) is 13.2 Å². The third-order valence-corrected chi connectivity index (χ3v) is 3.61. The molecule has 0 unspecified atom stereocenters. The Morgan fingerprint density at radius 3 is 2.64 bits per heavy atom. The lowest BCUT2D eigenvalue weighted by atomic mass is 10.1. The first-order chi connectivity index (χ1) is 13.6. The minimum atomic E-state index is -2.61. The minimum absolute atomic E-state index is 0.0117. The Morgan fingerprint density at radius 2 is 1.86 bits per heavy atom. The average Bonchev–Trinajstić information content (AvgIpc) is 3.36. The predicted molar refractivity (Wildman–Crippen MR) is 89.9 cm³/mol. The number of rotatable bonds is 6. The van der Waals surface area contributed by atoms with Gasteiger partial charge in [-0.3, -0.25) is 0 Å². The molecule has 0 spiro atoms. The van der Waals surface area contributed by atoms with Gasteiger partial charge in [0, 0.05) is 11.6 Å². The van der Waals surface area contributed by atoms with Gasteiger partial charge in [-0.15, -0.1) is 0 Å². The molecule has 0 bridgehead atoms. The largest absolute Gasteiger partial charge is 0.472 e. The predicted octanol–water partition coefficient (Wildman–Crippen LogP) is 4.24. The van der Waals surface area contributed by atoms with Crippen LogP contribution in [0.5, 0.6) is 5.88 Å². The van der Waals surface area contributed by atoms with Crippen LogP contribution in [-0.2, 0) is 0 Å². The molecule has 0 N–H and O–H groups in total.